The first-order valence-electron chi connectivity index (χ1n) is 8.19. The van der Waals surface area contributed by atoms with Gasteiger partial charge in [-0.15, -0.1) is 0 Å². The van der Waals surface area contributed by atoms with Crippen molar-refractivity contribution in [2.75, 3.05) is 13.1 Å². The maximum Gasteiger partial charge on any atom is 0.326 e. The molecule has 2 aliphatic heterocycles. The molecule has 25 heavy (non-hydrogen) atoms. The zero-order valence-electron chi connectivity index (χ0n) is 14.2. The number of likely N-dealkylation sites (tertiary alicyclic amines) is 1. The molecule has 1 aromatic carbocycles. The molecular formula is C18H20N2O5. The molecule has 1 saturated heterocycles. The van der Waals surface area contributed by atoms with Gasteiger partial charge >= 0.3 is 5.97 Å². The van der Waals surface area contributed by atoms with E-state index in [1.807, 2.05) is 13.8 Å². The van der Waals surface area contributed by atoms with Crippen molar-refractivity contribution in [2.45, 2.75) is 32.7 Å². The van der Waals surface area contributed by atoms with Crippen molar-refractivity contribution in [1.82, 2.24) is 9.80 Å². The van der Waals surface area contributed by atoms with E-state index in [2.05, 4.69) is 0 Å². The topological polar surface area (TPSA) is 95.0 Å². The lowest BCUT2D eigenvalue weighted by Crippen LogP contribution is -2.42. The van der Waals surface area contributed by atoms with Gasteiger partial charge in [-0.05, 0) is 24.0 Å². The molecule has 0 radical (unpaired) electrons. The Labute approximate surface area is 145 Å². The van der Waals surface area contributed by atoms with Crippen molar-refractivity contribution < 1.29 is 24.3 Å². The van der Waals surface area contributed by atoms with Gasteiger partial charge in [-0.2, -0.15) is 0 Å². The molecule has 0 aliphatic carbocycles. The number of aliphatic carboxylic acids is 1. The van der Waals surface area contributed by atoms with Crippen LogP contribution < -0.4 is 0 Å². The molecule has 3 rings (SSSR count). The van der Waals surface area contributed by atoms with Gasteiger partial charge in [0.15, 0.2) is 0 Å². The zero-order chi connectivity index (χ0) is 18.4. The summed E-state index contributed by atoms with van der Waals surface area (Å²) >= 11 is 0. The van der Waals surface area contributed by atoms with E-state index in [9.17, 15) is 24.3 Å². The van der Waals surface area contributed by atoms with Gasteiger partial charge in [0, 0.05) is 19.5 Å². The molecule has 1 fully saturated rings. The van der Waals surface area contributed by atoms with Gasteiger partial charge < -0.3 is 10.0 Å². The molecule has 7 heteroatoms. The standard InChI is InChI=1S/C18H20N2O5/c1-18(2)9-13(17(24)25)20(10-18)14(21)7-8-19-15(22)11-5-3-4-6-12(11)16(19)23/h3-6,13H,7-10H2,1-2H3,(H,24,25). The number of carboxylic acids is 1. The largest absolute Gasteiger partial charge is 0.480 e. The van der Waals surface area contributed by atoms with Crippen LogP contribution in [0.3, 0.4) is 0 Å². The van der Waals surface area contributed by atoms with Gasteiger partial charge in [-0.3, -0.25) is 19.3 Å². The summed E-state index contributed by atoms with van der Waals surface area (Å²) in [7, 11) is 0. The number of carbonyl (C=O) groups excluding carboxylic acids is 3. The average molecular weight is 344 g/mol. The van der Waals surface area contributed by atoms with Crippen LogP contribution in [0.15, 0.2) is 24.3 Å². The predicted molar refractivity (Wildman–Crippen MR) is 88.0 cm³/mol. The van der Waals surface area contributed by atoms with E-state index in [1.165, 1.54) is 4.90 Å². The van der Waals surface area contributed by atoms with Gasteiger partial charge in [0.25, 0.3) is 11.8 Å². The Morgan fingerprint density at radius 2 is 1.72 bits per heavy atom. The van der Waals surface area contributed by atoms with E-state index in [0.29, 0.717) is 24.1 Å². The first kappa shape index (κ1) is 17.1. The maximum absolute atomic E-state index is 12.5. The second-order valence-electron chi connectivity index (χ2n) is 7.30. The fourth-order valence-corrected chi connectivity index (χ4v) is 3.55. The van der Waals surface area contributed by atoms with Crippen LogP contribution in [0.2, 0.25) is 0 Å². The lowest BCUT2D eigenvalue weighted by molar-refractivity contribution is -0.148. The molecule has 3 amide bonds. The number of amides is 3. The molecular weight excluding hydrogens is 324 g/mol. The summed E-state index contributed by atoms with van der Waals surface area (Å²) in [5.74, 6) is -2.20. The molecule has 1 unspecified atom stereocenters. The Morgan fingerprint density at radius 1 is 1.16 bits per heavy atom. The first-order valence-corrected chi connectivity index (χ1v) is 8.19. The minimum atomic E-state index is -1.03. The lowest BCUT2D eigenvalue weighted by atomic mass is 9.91. The molecule has 132 valence electrons. The number of hydrogen-bond donors (Lipinski definition) is 1. The maximum atomic E-state index is 12.5. The summed E-state index contributed by atoms with van der Waals surface area (Å²) < 4.78 is 0. The van der Waals surface area contributed by atoms with Crippen LogP contribution >= 0.6 is 0 Å². The SMILES string of the molecule is CC1(C)CC(C(=O)O)N(C(=O)CCN2C(=O)c3ccccc3C2=O)C1. The molecule has 2 heterocycles. The molecule has 0 saturated carbocycles. The summed E-state index contributed by atoms with van der Waals surface area (Å²) in [6.07, 6.45) is 0.312. The summed E-state index contributed by atoms with van der Waals surface area (Å²) in [5, 5.41) is 9.33. The predicted octanol–water partition coefficient (Wildman–Crippen LogP) is 1.38. The van der Waals surface area contributed by atoms with Crippen LogP contribution in [0.1, 0.15) is 47.4 Å². The molecule has 2 aliphatic rings. The number of carbonyl (C=O) groups is 4. The smallest absolute Gasteiger partial charge is 0.326 e. The minimum Gasteiger partial charge on any atom is -0.480 e. The van der Waals surface area contributed by atoms with E-state index < -0.39 is 23.8 Å². The first-order chi connectivity index (χ1) is 11.7. The molecule has 1 N–H and O–H groups in total. The summed E-state index contributed by atoms with van der Waals surface area (Å²) in [6.45, 7) is 4.14. The number of carboxylic acid groups (broad SMARTS) is 1. The van der Waals surface area contributed by atoms with Crippen molar-refractivity contribution in [3.63, 3.8) is 0 Å². The highest BCUT2D eigenvalue weighted by molar-refractivity contribution is 6.21. The van der Waals surface area contributed by atoms with Crippen LogP contribution in [0.5, 0.6) is 0 Å². The molecule has 7 nitrogen and oxygen atoms in total. The highest BCUT2D eigenvalue weighted by Crippen LogP contribution is 2.34. The molecule has 0 spiro atoms. The van der Waals surface area contributed by atoms with Crippen LogP contribution in [-0.2, 0) is 9.59 Å². The van der Waals surface area contributed by atoms with Crippen LogP contribution in [0.25, 0.3) is 0 Å². The van der Waals surface area contributed by atoms with Crippen molar-refractivity contribution in [2.24, 2.45) is 5.41 Å². The number of benzene rings is 1. The molecule has 1 atom stereocenters. The molecule has 0 bridgehead atoms. The van der Waals surface area contributed by atoms with Gasteiger partial charge in [0.1, 0.15) is 6.04 Å². The van der Waals surface area contributed by atoms with Gasteiger partial charge in [-0.25, -0.2) is 4.79 Å². The summed E-state index contributed by atoms with van der Waals surface area (Å²) in [5.41, 5.74) is 0.408. The monoisotopic (exact) mass is 344 g/mol. The number of fused-ring (bicyclic) bond motifs is 1. The number of rotatable bonds is 4. The van der Waals surface area contributed by atoms with Crippen molar-refractivity contribution in [3.05, 3.63) is 35.4 Å². The second-order valence-corrected chi connectivity index (χ2v) is 7.30. The number of hydrogen-bond acceptors (Lipinski definition) is 4. The summed E-state index contributed by atoms with van der Waals surface area (Å²) in [4.78, 5) is 50.9. The van der Waals surface area contributed by atoms with E-state index in [1.54, 1.807) is 24.3 Å². The highest BCUT2D eigenvalue weighted by Gasteiger charge is 2.44. The quantitative estimate of drug-likeness (QED) is 0.833. The Bertz CT molecular complexity index is 735. The lowest BCUT2D eigenvalue weighted by Gasteiger charge is -2.23. The van der Waals surface area contributed by atoms with Crippen molar-refractivity contribution in [3.8, 4) is 0 Å². The average Bonchev–Trinajstić information content (AvgIpc) is 3.01. The second kappa shape index (κ2) is 5.98. The third-order valence-corrected chi connectivity index (χ3v) is 4.75. The van der Waals surface area contributed by atoms with E-state index >= 15 is 0 Å². The van der Waals surface area contributed by atoms with Crippen LogP contribution in [0, 0.1) is 5.41 Å². The summed E-state index contributed by atoms with van der Waals surface area (Å²) in [6, 6.07) is 5.68. The Morgan fingerprint density at radius 3 is 2.24 bits per heavy atom. The van der Waals surface area contributed by atoms with Crippen molar-refractivity contribution in [1.29, 1.82) is 0 Å². The third-order valence-electron chi connectivity index (χ3n) is 4.75. The Kier molecular flexibility index (Phi) is 4.10. The zero-order valence-corrected chi connectivity index (χ0v) is 14.2. The molecule has 1 aromatic rings. The van der Waals surface area contributed by atoms with E-state index in [0.717, 1.165) is 4.90 Å². The van der Waals surface area contributed by atoms with Crippen LogP contribution in [-0.4, -0.2) is 57.7 Å². The Hall–Kier alpha value is -2.70. The van der Waals surface area contributed by atoms with Gasteiger partial charge in [0.2, 0.25) is 5.91 Å². The number of nitrogens with zero attached hydrogens (tertiary/aromatic N) is 2. The fourth-order valence-electron chi connectivity index (χ4n) is 3.55. The van der Waals surface area contributed by atoms with E-state index in [4.69, 9.17) is 0 Å². The Balaban J connectivity index is 1.68. The van der Waals surface area contributed by atoms with Gasteiger partial charge in [-0.1, -0.05) is 26.0 Å². The fraction of sp³-hybridized carbons (Fsp3) is 0.444. The highest BCUT2D eigenvalue weighted by atomic mass is 16.4. The minimum absolute atomic E-state index is 0.0472. The van der Waals surface area contributed by atoms with E-state index in [-0.39, 0.29) is 24.3 Å². The normalized spacial score (nSPS) is 21.6. The van der Waals surface area contributed by atoms with Gasteiger partial charge in [0.05, 0.1) is 11.1 Å². The third kappa shape index (κ3) is 3.01. The molecule has 0 aromatic heterocycles. The number of imide groups is 1. The van der Waals surface area contributed by atoms with Crippen LogP contribution in [0.4, 0.5) is 0 Å². The van der Waals surface area contributed by atoms with Crippen molar-refractivity contribution >= 4 is 23.7 Å².